The molecule has 1 N–H and O–H groups in total. The van der Waals surface area contributed by atoms with Crippen molar-refractivity contribution >= 4 is 10.9 Å². The summed E-state index contributed by atoms with van der Waals surface area (Å²) in [5.41, 5.74) is 3.38. The Kier molecular flexibility index (Phi) is 3.96. The van der Waals surface area contributed by atoms with Crippen LogP contribution >= 0.6 is 0 Å². The predicted octanol–water partition coefficient (Wildman–Crippen LogP) is 3.22. The van der Waals surface area contributed by atoms with Crippen molar-refractivity contribution in [3.05, 3.63) is 41.6 Å². The molecular weight excluding hydrogens is 220 g/mol. The summed E-state index contributed by atoms with van der Waals surface area (Å²) in [5, 5.41) is 4.56. The number of terminal acetylenes is 1. The summed E-state index contributed by atoms with van der Waals surface area (Å²) in [6.45, 7) is 2.03. The lowest BCUT2D eigenvalue weighted by atomic mass is 9.97. The SMILES string of the molecule is C#CCCC(NC)c1cc(C)nc2ccccc12. The van der Waals surface area contributed by atoms with E-state index in [0.29, 0.717) is 0 Å². The van der Waals surface area contributed by atoms with Crippen molar-refractivity contribution in [1.82, 2.24) is 10.3 Å². The Bertz CT molecular complexity index is 581. The number of pyridine rings is 1. The highest BCUT2D eigenvalue weighted by Gasteiger charge is 2.13. The molecule has 0 saturated carbocycles. The topological polar surface area (TPSA) is 24.9 Å². The van der Waals surface area contributed by atoms with Gasteiger partial charge < -0.3 is 5.32 Å². The molecule has 0 fully saturated rings. The van der Waals surface area contributed by atoms with E-state index in [4.69, 9.17) is 6.42 Å². The Labute approximate surface area is 108 Å². The van der Waals surface area contributed by atoms with Gasteiger partial charge in [0.15, 0.2) is 0 Å². The van der Waals surface area contributed by atoms with Crippen LogP contribution in [0.1, 0.15) is 30.1 Å². The van der Waals surface area contributed by atoms with Gasteiger partial charge in [-0.25, -0.2) is 0 Å². The third kappa shape index (κ3) is 2.52. The van der Waals surface area contributed by atoms with Gasteiger partial charge >= 0.3 is 0 Å². The molecule has 1 atom stereocenters. The summed E-state index contributed by atoms with van der Waals surface area (Å²) in [4.78, 5) is 4.57. The average molecular weight is 238 g/mol. The summed E-state index contributed by atoms with van der Waals surface area (Å²) in [6, 6.07) is 10.7. The molecule has 2 heteroatoms. The molecule has 1 unspecified atom stereocenters. The van der Waals surface area contributed by atoms with E-state index in [1.165, 1.54) is 10.9 Å². The van der Waals surface area contributed by atoms with E-state index in [1.54, 1.807) is 0 Å². The zero-order valence-corrected chi connectivity index (χ0v) is 10.9. The van der Waals surface area contributed by atoms with Gasteiger partial charge in [-0.15, -0.1) is 12.3 Å². The summed E-state index contributed by atoms with van der Waals surface area (Å²) in [5.74, 6) is 2.71. The van der Waals surface area contributed by atoms with Crippen LogP contribution in [0.3, 0.4) is 0 Å². The van der Waals surface area contributed by atoms with Crippen LogP contribution in [0.25, 0.3) is 10.9 Å². The number of hydrogen-bond acceptors (Lipinski definition) is 2. The first kappa shape index (κ1) is 12.6. The number of nitrogens with one attached hydrogen (secondary N) is 1. The Morgan fingerprint density at radius 3 is 2.89 bits per heavy atom. The van der Waals surface area contributed by atoms with Crippen LogP contribution in [0.5, 0.6) is 0 Å². The van der Waals surface area contributed by atoms with E-state index in [9.17, 15) is 0 Å². The standard InChI is InChI=1S/C16H18N2/c1-4-5-9-15(17-3)14-11-12(2)18-16-10-7-6-8-13(14)16/h1,6-8,10-11,15,17H,5,9H2,2-3H3. The molecule has 0 bridgehead atoms. The highest BCUT2D eigenvalue weighted by Crippen LogP contribution is 2.26. The molecule has 18 heavy (non-hydrogen) atoms. The Morgan fingerprint density at radius 2 is 2.17 bits per heavy atom. The van der Waals surface area contributed by atoms with Gasteiger partial charge in [0.25, 0.3) is 0 Å². The number of para-hydroxylation sites is 1. The van der Waals surface area contributed by atoms with Crippen LogP contribution in [0, 0.1) is 19.3 Å². The van der Waals surface area contributed by atoms with Crippen molar-refractivity contribution < 1.29 is 0 Å². The zero-order valence-electron chi connectivity index (χ0n) is 10.9. The Hall–Kier alpha value is -1.85. The smallest absolute Gasteiger partial charge is 0.0708 e. The maximum Gasteiger partial charge on any atom is 0.0708 e. The molecule has 0 saturated heterocycles. The number of nitrogens with zero attached hydrogens (tertiary/aromatic N) is 1. The average Bonchev–Trinajstić information content (AvgIpc) is 2.39. The maximum absolute atomic E-state index is 5.36. The van der Waals surface area contributed by atoms with Gasteiger partial charge in [0.2, 0.25) is 0 Å². The molecule has 2 aromatic rings. The zero-order chi connectivity index (χ0) is 13.0. The summed E-state index contributed by atoms with van der Waals surface area (Å²) < 4.78 is 0. The van der Waals surface area contributed by atoms with Crippen LogP contribution in [-0.2, 0) is 0 Å². The summed E-state index contributed by atoms with van der Waals surface area (Å²) in [6.07, 6.45) is 7.09. The number of aromatic nitrogens is 1. The second-order valence-corrected chi connectivity index (χ2v) is 4.45. The maximum atomic E-state index is 5.36. The molecule has 2 rings (SSSR count). The first-order valence-corrected chi connectivity index (χ1v) is 6.23. The van der Waals surface area contributed by atoms with Gasteiger partial charge in [0.05, 0.1) is 5.52 Å². The van der Waals surface area contributed by atoms with Crippen molar-refractivity contribution in [2.75, 3.05) is 7.05 Å². The van der Waals surface area contributed by atoms with Gasteiger partial charge in [0, 0.05) is 23.5 Å². The highest BCUT2D eigenvalue weighted by atomic mass is 14.9. The van der Waals surface area contributed by atoms with Crippen LogP contribution in [0.4, 0.5) is 0 Å². The first-order chi connectivity index (χ1) is 8.76. The number of hydrogen-bond donors (Lipinski definition) is 1. The van der Waals surface area contributed by atoms with E-state index < -0.39 is 0 Å². The van der Waals surface area contributed by atoms with E-state index in [1.807, 2.05) is 20.0 Å². The lowest BCUT2D eigenvalue weighted by Gasteiger charge is -2.18. The van der Waals surface area contributed by atoms with Crippen LogP contribution < -0.4 is 5.32 Å². The van der Waals surface area contributed by atoms with Crippen molar-refractivity contribution in [3.63, 3.8) is 0 Å². The number of benzene rings is 1. The lowest BCUT2D eigenvalue weighted by molar-refractivity contribution is 0.561. The van der Waals surface area contributed by atoms with Gasteiger partial charge in [-0.05, 0) is 38.1 Å². The molecular formula is C16H18N2. The van der Waals surface area contributed by atoms with E-state index in [0.717, 1.165) is 24.1 Å². The number of aryl methyl sites for hydroxylation is 1. The van der Waals surface area contributed by atoms with Gasteiger partial charge in [-0.1, -0.05) is 18.2 Å². The fourth-order valence-electron chi connectivity index (χ4n) is 2.31. The minimum atomic E-state index is 0.285. The molecule has 92 valence electrons. The molecule has 0 aliphatic rings. The Balaban J connectivity index is 2.51. The fourth-order valence-corrected chi connectivity index (χ4v) is 2.31. The van der Waals surface area contributed by atoms with E-state index in [-0.39, 0.29) is 6.04 Å². The van der Waals surface area contributed by atoms with Gasteiger partial charge in [0.1, 0.15) is 0 Å². The molecule has 1 heterocycles. The van der Waals surface area contributed by atoms with E-state index >= 15 is 0 Å². The monoisotopic (exact) mass is 238 g/mol. The molecule has 0 radical (unpaired) electrons. The quantitative estimate of drug-likeness (QED) is 0.827. The van der Waals surface area contributed by atoms with E-state index in [2.05, 4.69) is 40.5 Å². The fraction of sp³-hybridized carbons (Fsp3) is 0.312. The minimum absolute atomic E-state index is 0.285. The molecule has 2 nitrogen and oxygen atoms in total. The highest BCUT2D eigenvalue weighted by molar-refractivity contribution is 5.82. The van der Waals surface area contributed by atoms with Crippen LogP contribution in [0.2, 0.25) is 0 Å². The second kappa shape index (κ2) is 5.66. The normalized spacial score (nSPS) is 12.3. The van der Waals surface area contributed by atoms with Gasteiger partial charge in [-0.3, -0.25) is 4.98 Å². The van der Waals surface area contributed by atoms with Crippen molar-refractivity contribution in [1.29, 1.82) is 0 Å². The minimum Gasteiger partial charge on any atom is -0.313 e. The number of fused-ring (bicyclic) bond motifs is 1. The van der Waals surface area contributed by atoms with Crippen LogP contribution in [-0.4, -0.2) is 12.0 Å². The van der Waals surface area contributed by atoms with Crippen LogP contribution in [0.15, 0.2) is 30.3 Å². The summed E-state index contributed by atoms with van der Waals surface area (Å²) in [7, 11) is 1.98. The molecule has 0 amide bonds. The van der Waals surface area contributed by atoms with Crippen molar-refractivity contribution in [2.45, 2.75) is 25.8 Å². The molecule has 1 aromatic carbocycles. The molecule has 0 aliphatic carbocycles. The first-order valence-electron chi connectivity index (χ1n) is 6.23. The Morgan fingerprint density at radius 1 is 1.39 bits per heavy atom. The largest absolute Gasteiger partial charge is 0.313 e. The second-order valence-electron chi connectivity index (χ2n) is 4.45. The molecule has 0 aliphatic heterocycles. The lowest BCUT2D eigenvalue weighted by Crippen LogP contribution is -2.17. The summed E-state index contributed by atoms with van der Waals surface area (Å²) >= 11 is 0. The number of rotatable bonds is 4. The molecule has 0 spiro atoms. The van der Waals surface area contributed by atoms with Crippen molar-refractivity contribution in [3.8, 4) is 12.3 Å². The van der Waals surface area contributed by atoms with Crippen molar-refractivity contribution in [2.24, 2.45) is 0 Å². The predicted molar refractivity (Wildman–Crippen MR) is 76.3 cm³/mol. The third-order valence-corrected chi connectivity index (χ3v) is 3.18. The van der Waals surface area contributed by atoms with Gasteiger partial charge in [-0.2, -0.15) is 0 Å². The third-order valence-electron chi connectivity index (χ3n) is 3.18. The molecule has 1 aromatic heterocycles.